The number of aromatic hydroxyl groups is 1. The van der Waals surface area contributed by atoms with Crippen LogP contribution < -0.4 is 5.32 Å². The van der Waals surface area contributed by atoms with Crippen molar-refractivity contribution in [3.05, 3.63) is 120 Å². The molecule has 3 N–H and O–H groups in total. The van der Waals surface area contributed by atoms with Crippen molar-refractivity contribution in [1.82, 2.24) is 15.3 Å². The number of nitrogens with zero attached hydrogens (tertiary/aromatic N) is 1. The smallest absolute Gasteiger partial charge is 0.225 e. The van der Waals surface area contributed by atoms with Gasteiger partial charge < -0.3 is 15.4 Å². The first-order chi connectivity index (χ1) is 17.1. The summed E-state index contributed by atoms with van der Waals surface area (Å²) in [5.74, 6) is 0.0774. The largest absolute Gasteiger partial charge is 0.508 e. The lowest BCUT2D eigenvalue weighted by molar-refractivity contribution is -0.121. The van der Waals surface area contributed by atoms with Crippen molar-refractivity contribution in [1.29, 1.82) is 0 Å². The molecule has 3 aromatic carbocycles. The quantitative estimate of drug-likeness (QED) is 0.283. The van der Waals surface area contributed by atoms with Gasteiger partial charge in [0.05, 0.1) is 18.2 Å². The maximum absolute atomic E-state index is 13.3. The molecular weight excluding hydrogens is 434 g/mol. The third-order valence-corrected chi connectivity index (χ3v) is 6.32. The van der Waals surface area contributed by atoms with Crippen molar-refractivity contribution in [2.24, 2.45) is 0 Å². The fourth-order valence-corrected chi connectivity index (χ4v) is 4.59. The summed E-state index contributed by atoms with van der Waals surface area (Å²) in [7, 11) is 0. The van der Waals surface area contributed by atoms with E-state index in [1.807, 2.05) is 48.7 Å². The summed E-state index contributed by atoms with van der Waals surface area (Å²) in [5, 5.41) is 14.0. The minimum atomic E-state index is -0.306. The van der Waals surface area contributed by atoms with E-state index in [-0.39, 0.29) is 24.1 Å². The molecule has 0 saturated heterocycles. The fraction of sp³-hybridized carbons (Fsp3) is 0.133. The van der Waals surface area contributed by atoms with E-state index in [2.05, 4.69) is 47.6 Å². The number of aromatic nitrogens is 2. The van der Waals surface area contributed by atoms with Crippen LogP contribution in [0.15, 0.2) is 97.3 Å². The molecule has 0 fully saturated rings. The Bertz CT molecular complexity index is 1470. The second-order valence-electron chi connectivity index (χ2n) is 8.78. The van der Waals surface area contributed by atoms with Gasteiger partial charge in [0.2, 0.25) is 5.91 Å². The lowest BCUT2D eigenvalue weighted by atomic mass is 9.93. The van der Waals surface area contributed by atoms with E-state index in [4.69, 9.17) is 4.98 Å². The van der Waals surface area contributed by atoms with E-state index in [0.29, 0.717) is 6.42 Å². The minimum absolute atomic E-state index is 0.100. The van der Waals surface area contributed by atoms with Crippen molar-refractivity contribution in [3.8, 4) is 16.9 Å². The molecule has 0 spiro atoms. The molecule has 0 unspecified atom stereocenters. The number of carbonyl (C=O) groups is 1. The van der Waals surface area contributed by atoms with Gasteiger partial charge in [-0.05, 0) is 59.9 Å². The highest BCUT2D eigenvalue weighted by Crippen LogP contribution is 2.31. The number of rotatable bonds is 7. The molecule has 174 valence electrons. The van der Waals surface area contributed by atoms with Crippen LogP contribution in [0.25, 0.3) is 22.0 Å². The first-order valence-electron chi connectivity index (χ1n) is 11.7. The van der Waals surface area contributed by atoms with Gasteiger partial charge in [0.15, 0.2) is 0 Å². The Morgan fingerprint density at radius 1 is 0.971 bits per heavy atom. The molecule has 5 rings (SSSR count). The van der Waals surface area contributed by atoms with Gasteiger partial charge in [0.1, 0.15) is 5.75 Å². The summed E-state index contributed by atoms with van der Waals surface area (Å²) < 4.78 is 0. The Balaban J connectivity index is 1.48. The Hall–Kier alpha value is -4.38. The fourth-order valence-electron chi connectivity index (χ4n) is 4.59. The molecule has 5 nitrogen and oxygen atoms in total. The number of aromatic amines is 1. The number of hydrogen-bond donors (Lipinski definition) is 3. The molecule has 1 amide bonds. The summed E-state index contributed by atoms with van der Waals surface area (Å²) in [4.78, 5) is 21.2. The second-order valence-corrected chi connectivity index (χ2v) is 8.78. The number of fused-ring (bicyclic) bond motifs is 1. The Kier molecular flexibility index (Phi) is 6.31. The summed E-state index contributed by atoms with van der Waals surface area (Å²) in [6.07, 6.45) is 4.43. The lowest BCUT2D eigenvalue weighted by Gasteiger charge is -2.22. The summed E-state index contributed by atoms with van der Waals surface area (Å²) in [6, 6.07) is 27.2. The molecular formula is C30H27N3O2. The van der Waals surface area contributed by atoms with Gasteiger partial charge in [-0.25, -0.2) is 0 Å². The number of benzene rings is 3. The Morgan fingerprint density at radius 2 is 1.74 bits per heavy atom. The van der Waals surface area contributed by atoms with E-state index in [9.17, 15) is 9.90 Å². The summed E-state index contributed by atoms with van der Waals surface area (Å²) in [5.41, 5.74) is 6.97. The van der Waals surface area contributed by atoms with Crippen LogP contribution in [-0.4, -0.2) is 21.0 Å². The van der Waals surface area contributed by atoms with Gasteiger partial charge in [-0.3, -0.25) is 9.78 Å². The van der Waals surface area contributed by atoms with Crippen LogP contribution in [0.3, 0.4) is 0 Å². The normalized spacial score (nSPS) is 11.9. The first-order valence-corrected chi connectivity index (χ1v) is 11.7. The third-order valence-electron chi connectivity index (χ3n) is 6.32. The number of hydrogen-bond acceptors (Lipinski definition) is 3. The van der Waals surface area contributed by atoms with E-state index in [1.165, 1.54) is 0 Å². The maximum atomic E-state index is 13.3. The number of phenolic OH excluding ortho intramolecular Hbond substituents is 1. The highest BCUT2D eigenvalue weighted by molar-refractivity contribution is 5.90. The second kappa shape index (κ2) is 9.85. The minimum Gasteiger partial charge on any atom is -0.508 e. The van der Waals surface area contributed by atoms with Gasteiger partial charge in [-0.1, -0.05) is 60.7 Å². The van der Waals surface area contributed by atoms with Crippen molar-refractivity contribution < 1.29 is 9.90 Å². The molecule has 5 heteroatoms. The van der Waals surface area contributed by atoms with Crippen molar-refractivity contribution >= 4 is 16.8 Å². The molecule has 0 bridgehead atoms. The van der Waals surface area contributed by atoms with Crippen molar-refractivity contribution in [2.75, 3.05) is 0 Å². The van der Waals surface area contributed by atoms with Crippen LogP contribution >= 0.6 is 0 Å². The van der Waals surface area contributed by atoms with Crippen molar-refractivity contribution in [2.45, 2.75) is 25.8 Å². The van der Waals surface area contributed by atoms with Crippen LogP contribution in [0.1, 0.15) is 28.4 Å². The van der Waals surface area contributed by atoms with Crippen molar-refractivity contribution in [3.63, 3.8) is 0 Å². The molecule has 35 heavy (non-hydrogen) atoms. The Morgan fingerprint density at radius 3 is 2.57 bits per heavy atom. The van der Waals surface area contributed by atoms with Crippen LogP contribution in [0.4, 0.5) is 0 Å². The molecule has 2 heterocycles. The summed E-state index contributed by atoms with van der Waals surface area (Å²) in [6.45, 7) is 2.09. The van der Waals surface area contributed by atoms with Gasteiger partial charge in [0, 0.05) is 28.9 Å². The molecule has 0 aliphatic heterocycles. The predicted molar refractivity (Wildman–Crippen MR) is 139 cm³/mol. The number of amides is 1. The summed E-state index contributed by atoms with van der Waals surface area (Å²) >= 11 is 0. The zero-order chi connectivity index (χ0) is 24.2. The molecule has 1 atom stereocenters. The number of pyridine rings is 1. The molecule has 0 saturated carbocycles. The monoisotopic (exact) mass is 461 g/mol. The molecule has 5 aromatic rings. The number of H-pyrrole nitrogens is 1. The predicted octanol–water partition coefficient (Wildman–Crippen LogP) is 5.89. The van der Waals surface area contributed by atoms with Crippen LogP contribution in [0.2, 0.25) is 0 Å². The van der Waals surface area contributed by atoms with E-state index in [1.54, 1.807) is 18.3 Å². The maximum Gasteiger partial charge on any atom is 0.225 e. The molecule has 0 aliphatic rings. The van der Waals surface area contributed by atoms with Crippen LogP contribution in [0, 0.1) is 6.92 Å². The van der Waals surface area contributed by atoms with Crippen LogP contribution in [-0.2, 0) is 17.6 Å². The van der Waals surface area contributed by atoms with Gasteiger partial charge in [0.25, 0.3) is 0 Å². The first kappa shape index (κ1) is 22.4. The van der Waals surface area contributed by atoms with Crippen LogP contribution in [0.5, 0.6) is 5.75 Å². The zero-order valence-corrected chi connectivity index (χ0v) is 19.5. The molecule has 2 aromatic heterocycles. The van der Waals surface area contributed by atoms with Gasteiger partial charge in [-0.2, -0.15) is 0 Å². The number of phenols is 1. The van der Waals surface area contributed by atoms with Gasteiger partial charge >= 0.3 is 0 Å². The van der Waals surface area contributed by atoms with Gasteiger partial charge in [-0.15, -0.1) is 0 Å². The molecule has 0 radical (unpaired) electrons. The Labute approximate surface area is 204 Å². The van der Waals surface area contributed by atoms with E-state index < -0.39 is 0 Å². The average Bonchev–Trinajstić information content (AvgIpc) is 3.26. The van der Waals surface area contributed by atoms with E-state index >= 15 is 0 Å². The highest BCUT2D eigenvalue weighted by Gasteiger charge is 2.22. The number of carbonyl (C=O) groups excluding carboxylic acids is 1. The number of nitrogens with one attached hydrogen (secondary N) is 2. The lowest BCUT2D eigenvalue weighted by Crippen LogP contribution is -2.32. The topological polar surface area (TPSA) is 78.0 Å². The highest BCUT2D eigenvalue weighted by atomic mass is 16.3. The zero-order valence-electron chi connectivity index (χ0n) is 19.5. The average molecular weight is 462 g/mol. The third kappa shape index (κ3) is 4.94. The molecule has 0 aliphatic carbocycles. The number of aryl methyl sites for hydroxylation is 1. The van der Waals surface area contributed by atoms with E-state index in [0.717, 1.165) is 44.4 Å². The standard InChI is InChI=1S/C30H27N3O2/c1-20-8-5-6-11-24(20)25-12-7-15-31-30(25)28(16-21-9-3-2-4-10-21)33-29(35)17-22-19-32-27-14-13-23(34)18-26(22)27/h2-15,18-19,28,32,34H,16-17H2,1H3,(H,33,35)/t28-/m1/s1. The SMILES string of the molecule is Cc1ccccc1-c1cccnc1[C@@H](Cc1ccccc1)NC(=O)Cc1c[nH]c2ccc(O)cc12.